The van der Waals surface area contributed by atoms with E-state index in [0.29, 0.717) is 12.2 Å². The van der Waals surface area contributed by atoms with Crippen LogP contribution in [0.1, 0.15) is 0 Å². The van der Waals surface area contributed by atoms with Crippen LogP contribution in [-0.2, 0) is 0 Å². The van der Waals surface area contributed by atoms with Gasteiger partial charge in [-0.15, -0.1) is 0 Å². The van der Waals surface area contributed by atoms with E-state index in [1.165, 1.54) is 4.90 Å². The lowest BCUT2D eigenvalue weighted by Crippen LogP contribution is -2.29. The predicted molar refractivity (Wildman–Crippen MR) is 34.2 cm³/mol. The first kappa shape index (κ1) is 8.42. The highest BCUT2D eigenvalue weighted by Crippen LogP contribution is 1.85. The van der Waals surface area contributed by atoms with E-state index in [2.05, 4.69) is 6.58 Å². The normalized spacial score (nSPS) is 10.1. The lowest BCUT2D eigenvalue weighted by atomic mass is 10.5. The van der Waals surface area contributed by atoms with Gasteiger partial charge in [-0.1, -0.05) is 6.58 Å². The maximum atomic E-state index is 8.44. The van der Waals surface area contributed by atoms with Crippen molar-refractivity contribution < 1.29 is 10.2 Å². The number of aliphatic hydroxyl groups is 2. The first-order chi connectivity index (χ1) is 4.20. The Bertz CT molecular complexity index is 91.0. The van der Waals surface area contributed by atoms with Gasteiger partial charge in [0.15, 0.2) is 0 Å². The quantitative estimate of drug-likeness (QED) is 0.414. The highest BCUT2D eigenvalue weighted by molar-refractivity contribution is 4.88. The van der Waals surface area contributed by atoms with Gasteiger partial charge in [0.1, 0.15) is 0 Å². The van der Waals surface area contributed by atoms with Crippen LogP contribution in [0.5, 0.6) is 0 Å². The van der Waals surface area contributed by atoms with Crippen LogP contribution < -0.4 is 5.73 Å². The third-order valence-corrected chi connectivity index (χ3v) is 0.827. The molecule has 0 aliphatic heterocycles. The number of nitrogens with two attached hydrogens (primary N) is 1. The van der Waals surface area contributed by atoms with Gasteiger partial charge in [0.2, 0.25) is 0 Å². The number of hydrogen-bond acceptors (Lipinski definition) is 4. The third kappa shape index (κ3) is 3.96. The molecule has 4 heteroatoms. The molecule has 0 aromatic rings. The van der Waals surface area contributed by atoms with Crippen LogP contribution in [-0.4, -0.2) is 35.1 Å². The Kier molecular flexibility index (Phi) is 4.04. The average Bonchev–Trinajstić information content (AvgIpc) is 1.82. The Hall–Kier alpha value is -0.580. The van der Waals surface area contributed by atoms with Crippen molar-refractivity contribution in [1.82, 2.24) is 4.90 Å². The maximum absolute atomic E-state index is 8.44. The minimum absolute atomic E-state index is 0.202. The number of rotatable bonds is 4. The Balaban J connectivity index is 3.43. The summed E-state index contributed by atoms with van der Waals surface area (Å²) in [5.41, 5.74) is 5.61. The Morgan fingerprint density at radius 2 is 1.89 bits per heavy atom. The molecular weight excluding hydrogens is 120 g/mol. The number of aliphatic hydroxyl groups excluding tert-OH is 2. The summed E-state index contributed by atoms with van der Waals surface area (Å²) >= 11 is 0. The fourth-order valence-electron chi connectivity index (χ4n) is 0.432. The molecule has 0 radical (unpaired) electrons. The highest BCUT2D eigenvalue weighted by Gasteiger charge is 1.98. The van der Waals surface area contributed by atoms with E-state index in [1.807, 2.05) is 0 Å². The minimum Gasteiger partial charge on any atom is -0.401 e. The van der Waals surface area contributed by atoms with E-state index < -0.39 is 0 Å². The van der Waals surface area contributed by atoms with Gasteiger partial charge in [-0.2, -0.15) is 0 Å². The van der Waals surface area contributed by atoms with Crippen molar-refractivity contribution in [3.05, 3.63) is 12.3 Å². The van der Waals surface area contributed by atoms with Crippen LogP contribution in [0.4, 0.5) is 0 Å². The van der Waals surface area contributed by atoms with E-state index in [9.17, 15) is 0 Å². The predicted octanol–water partition coefficient (Wildman–Crippen LogP) is -1.34. The second-order valence-corrected chi connectivity index (χ2v) is 1.77. The zero-order chi connectivity index (χ0) is 7.28. The zero-order valence-corrected chi connectivity index (χ0v) is 5.25. The monoisotopic (exact) mass is 132 g/mol. The molecule has 0 aromatic heterocycles. The first-order valence-corrected chi connectivity index (χ1v) is 2.58. The van der Waals surface area contributed by atoms with Crippen molar-refractivity contribution in [2.24, 2.45) is 5.73 Å². The average molecular weight is 132 g/mol. The van der Waals surface area contributed by atoms with E-state index >= 15 is 0 Å². The summed E-state index contributed by atoms with van der Waals surface area (Å²) in [7, 11) is 0. The summed E-state index contributed by atoms with van der Waals surface area (Å²) in [4.78, 5) is 1.34. The van der Waals surface area contributed by atoms with Gasteiger partial charge in [-0.3, -0.25) is 4.90 Å². The standard InChI is InChI=1S/C5H12N2O2/c1-5(6)2-7(3-8)4-9/h8-9H,1-4,6H2. The van der Waals surface area contributed by atoms with Gasteiger partial charge in [0, 0.05) is 12.2 Å². The largest absolute Gasteiger partial charge is 0.401 e. The minimum atomic E-state index is -0.202. The summed E-state index contributed by atoms with van der Waals surface area (Å²) in [5, 5.41) is 16.9. The molecule has 0 aliphatic rings. The molecule has 0 saturated heterocycles. The smallest absolute Gasteiger partial charge is 0.0977 e. The zero-order valence-electron chi connectivity index (χ0n) is 5.25. The van der Waals surface area contributed by atoms with Gasteiger partial charge in [0.05, 0.1) is 13.5 Å². The molecule has 0 bridgehead atoms. The molecule has 0 fully saturated rings. The van der Waals surface area contributed by atoms with Crippen molar-refractivity contribution in [1.29, 1.82) is 0 Å². The second-order valence-electron chi connectivity index (χ2n) is 1.77. The van der Waals surface area contributed by atoms with Gasteiger partial charge in [0.25, 0.3) is 0 Å². The Morgan fingerprint density at radius 1 is 1.44 bits per heavy atom. The molecule has 0 unspecified atom stereocenters. The van der Waals surface area contributed by atoms with Crippen molar-refractivity contribution in [2.75, 3.05) is 20.0 Å². The maximum Gasteiger partial charge on any atom is 0.0977 e. The van der Waals surface area contributed by atoms with Crippen LogP contribution in [0, 0.1) is 0 Å². The molecule has 0 amide bonds. The van der Waals surface area contributed by atoms with Crippen LogP contribution in [0.25, 0.3) is 0 Å². The molecule has 0 atom stereocenters. The van der Waals surface area contributed by atoms with Crippen molar-refractivity contribution in [3.63, 3.8) is 0 Å². The van der Waals surface area contributed by atoms with Gasteiger partial charge >= 0.3 is 0 Å². The molecule has 0 aliphatic carbocycles. The Morgan fingerprint density at radius 3 is 2.00 bits per heavy atom. The molecule has 0 aromatic carbocycles. The van der Waals surface area contributed by atoms with Crippen LogP contribution in [0.2, 0.25) is 0 Å². The van der Waals surface area contributed by atoms with E-state index in [4.69, 9.17) is 15.9 Å². The Labute approximate surface area is 54.2 Å². The van der Waals surface area contributed by atoms with E-state index in [0.717, 1.165) is 0 Å². The molecule has 4 N–H and O–H groups in total. The molecular formula is C5H12N2O2. The lowest BCUT2D eigenvalue weighted by molar-refractivity contribution is 0.0368. The number of hydrogen-bond donors (Lipinski definition) is 3. The fraction of sp³-hybridized carbons (Fsp3) is 0.600. The van der Waals surface area contributed by atoms with Crippen LogP contribution >= 0.6 is 0 Å². The highest BCUT2D eigenvalue weighted by atomic mass is 16.3. The van der Waals surface area contributed by atoms with Gasteiger partial charge < -0.3 is 15.9 Å². The molecule has 9 heavy (non-hydrogen) atoms. The molecule has 0 heterocycles. The third-order valence-electron chi connectivity index (χ3n) is 0.827. The SMILES string of the molecule is C=C(N)CN(CO)CO. The topological polar surface area (TPSA) is 69.7 Å². The van der Waals surface area contributed by atoms with Crippen LogP contribution in [0.15, 0.2) is 12.3 Å². The molecule has 54 valence electrons. The fourth-order valence-corrected chi connectivity index (χ4v) is 0.432. The summed E-state index contributed by atoms with van der Waals surface area (Å²) in [6, 6.07) is 0. The summed E-state index contributed by atoms with van der Waals surface area (Å²) < 4.78 is 0. The van der Waals surface area contributed by atoms with Crippen molar-refractivity contribution >= 4 is 0 Å². The summed E-state index contributed by atoms with van der Waals surface area (Å²) in [6.45, 7) is 3.33. The number of nitrogens with zero attached hydrogens (tertiary/aromatic N) is 1. The van der Waals surface area contributed by atoms with Crippen molar-refractivity contribution in [2.45, 2.75) is 0 Å². The second kappa shape index (κ2) is 4.31. The summed E-state index contributed by atoms with van der Waals surface area (Å²) in [5.74, 6) is 0. The van der Waals surface area contributed by atoms with E-state index in [-0.39, 0.29) is 13.5 Å². The van der Waals surface area contributed by atoms with Crippen molar-refractivity contribution in [3.8, 4) is 0 Å². The molecule has 0 spiro atoms. The van der Waals surface area contributed by atoms with Gasteiger partial charge in [-0.25, -0.2) is 0 Å². The van der Waals surface area contributed by atoms with Gasteiger partial charge in [-0.05, 0) is 0 Å². The molecule has 0 saturated carbocycles. The summed E-state index contributed by atoms with van der Waals surface area (Å²) in [6.07, 6.45) is 0. The van der Waals surface area contributed by atoms with E-state index in [1.54, 1.807) is 0 Å². The molecule has 4 nitrogen and oxygen atoms in total. The van der Waals surface area contributed by atoms with Crippen LogP contribution in [0.3, 0.4) is 0 Å². The lowest BCUT2D eigenvalue weighted by Gasteiger charge is -2.14. The molecule has 0 rings (SSSR count). The first-order valence-electron chi connectivity index (χ1n) is 2.58.